The Kier molecular flexibility index (Phi) is 3.43. The minimum Gasteiger partial charge on any atom is -0.478 e. The van der Waals surface area contributed by atoms with Crippen LogP contribution in [0.2, 0.25) is 0 Å². The summed E-state index contributed by atoms with van der Waals surface area (Å²) in [7, 11) is 0. The van der Waals surface area contributed by atoms with Gasteiger partial charge in [-0.3, -0.25) is 4.79 Å². The Bertz CT molecular complexity index is 593. The lowest BCUT2D eigenvalue weighted by molar-refractivity contribution is -0.126. The highest BCUT2D eigenvalue weighted by molar-refractivity contribution is 6.02. The number of fused-ring (bicyclic) bond motifs is 1. The second kappa shape index (κ2) is 5.13. The molecule has 6 heteroatoms. The van der Waals surface area contributed by atoms with E-state index in [2.05, 4.69) is 0 Å². The number of rotatable bonds is 2. The number of carbonyl (C=O) groups excluding carboxylic acids is 1. The molecule has 2 heterocycles. The van der Waals surface area contributed by atoms with E-state index in [9.17, 15) is 9.59 Å². The standard InChI is InChI=1S/C15H18N2O4/c16-15(4-7-21-8-5-15)14(20)17-6-3-10-9-11(13(18)19)1-2-12(10)17/h1-2,9H,3-8,16H2,(H,18,19). The van der Waals surface area contributed by atoms with E-state index in [-0.39, 0.29) is 11.5 Å². The SMILES string of the molecule is NC1(C(=O)N2CCc3cc(C(=O)O)ccc32)CCOCC1. The van der Waals surface area contributed by atoms with Crippen LogP contribution < -0.4 is 10.6 Å². The van der Waals surface area contributed by atoms with Gasteiger partial charge < -0.3 is 20.5 Å². The highest BCUT2D eigenvalue weighted by atomic mass is 16.5. The number of benzene rings is 1. The first-order chi connectivity index (χ1) is 10.0. The number of carboxylic acid groups (broad SMARTS) is 1. The third-order valence-corrected chi connectivity index (χ3v) is 4.28. The van der Waals surface area contributed by atoms with Crippen LogP contribution in [0.25, 0.3) is 0 Å². The number of anilines is 1. The fourth-order valence-electron chi connectivity index (χ4n) is 2.96. The molecule has 0 aliphatic carbocycles. The van der Waals surface area contributed by atoms with Gasteiger partial charge >= 0.3 is 5.97 Å². The molecule has 1 aromatic rings. The zero-order chi connectivity index (χ0) is 15.0. The minimum absolute atomic E-state index is 0.0902. The number of hydrogen-bond donors (Lipinski definition) is 2. The Morgan fingerprint density at radius 1 is 1.29 bits per heavy atom. The molecule has 0 aromatic heterocycles. The number of aromatic carboxylic acids is 1. The molecule has 0 radical (unpaired) electrons. The summed E-state index contributed by atoms with van der Waals surface area (Å²) in [4.78, 5) is 25.4. The van der Waals surface area contributed by atoms with Gasteiger partial charge in [-0.15, -0.1) is 0 Å². The summed E-state index contributed by atoms with van der Waals surface area (Å²) in [6.07, 6.45) is 1.70. The normalized spacial score (nSPS) is 20.1. The molecule has 2 aliphatic rings. The Hall–Kier alpha value is -1.92. The maximum absolute atomic E-state index is 12.7. The summed E-state index contributed by atoms with van der Waals surface area (Å²) in [6, 6.07) is 4.87. The van der Waals surface area contributed by atoms with E-state index in [0.717, 1.165) is 11.3 Å². The van der Waals surface area contributed by atoms with Crippen LogP contribution in [0, 0.1) is 0 Å². The summed E-state index contributed by atoms with van der Waals surface area (Å²) < 4.78 is 5.27. The Balaban J connectivity index is 1.87. The maximum Gasteiger partial charge on any atom is 0.335 e. The third-order valence-electron chi connectivity index (χ3n) is 4.28. The number of nitrogens with two attached hydrogens (primary N) is 1. The summed E-state index contributed by atoms with van der Waals surface area (Å²) in [5.74, 6) is -1.05. The van der Waals surface area contributed by atoms with Crippen molar-refractivity contribution in [2.75, 3.05) is 24.7 Å². The molecule has 1 amide bonds. The van der Waals surface area contributed by atoms with Gasteiger partial charge in [0, 0.05) is 25.4 Å². The molecule has 3 rings (SSSR count). The summed E-state index contributed by atoms with van der Waals surface area (Å²) in [6.45, 7) is 1.55. The van der Waals surface area contributed by atoms with Crippen molar-refractivity contribution in [2.24, 2.45) is 5.73 Å². The number of amides is 1. The van der Waals surface area contributed by atoms with Gasteiger partial charge in [-0.2, -0.15) is 0 Å². The van der Waals surface area contributed by atoms with Crippen molar-refractivity contribution in [2.45, 2.75) is 24.8 Å². The largest absolute Gasteiger partial charge is 0.478 e. The van der Waals surface area contributed by atoms with Crippen LogP contribution in [0.4, 0.5) is 5.69 Å². The zero-order valence-corrected chi connectivity index (χ0v) is 11.7. The number of hydrogen-bond acceptors (Lipinski definition) is 4. The zero-order valence-electron chi connectivity index (χ0n) is 11.7. The predicted molar refractivity (Wildman–Crippen MR) is 76.4 cm³/mol. The Labute approximate surface area is 122 Å². The lowest BCUT2D eigenvalue weighted by Crippen LogP contribution is -2.58. The third kappa shape index (κ3) is 2.41. The van der Waals surface area contributed by atoms with Crippen molar-refractivity contribution in [3.05, 3.63) is 29.3 Å². The van der Waals surface area contributed by atoms with E-state index in [0.29, 0.717) is 39.0 Å². The van der Waals surface area contributed by atoms with Crippen LogP contribution in [0.15, 0.2) is 18.2 Å². The fraction of sp³-hybridized carbons (Fsp3) is 0.467. The summed E-state index contributed by atoms with van der Waals surface area (Å²) in [5.41, 5.74) is 7.30. The lowest BCUT2D eigenvalue weighted by atomic mass is 9.89. The van der Waals surface area contributed by atoms with Crippen molar-refractivity contribution in [1.82, 2.24) is 0 Å². The molecule has 1 saturated heterocycles. The van der Waals surface area contributed by atoms with Gasteiger partial charge in [0.05, 0.1) is 5.56 Å². The molecule has 0 atom stereocenters. The fourth-order valence-corrected chi connectivity index (χ4v) is 2.96. The van der Waals surface area contributed by atoms with Crippen molar-refractivity contribution in [3.63, 3.8) is 0 Å². The molecule has 0 spiro atoms. The van der Waals surface area contributed by atoms with Crippen LogP contribution in [-0.4, -0.2) is 42.3 Å². The number of ether oxygens (including phenoxy) is 1. The van der Waals surface area contributed by atoms with Gasteiger partial charge in [-0.25, -0.2) is 4.79 Å². The molecular formula is C15H18N2O4. The molecule has 0 unspecified atom stereocenters. The molecule has 6 nitrogen and oxygen atoms in total. The summed E-state index contributed by atoms with van der Waals surface area (Å²) in [5, 5.41) is 9.02. The Morgan fingerprint density at radius 3 is 2.67 bits per heavy atom. The summed E-state index contributed by atoms with van der Waals surface area (Å²) >= 11 is 0. The second-order valence-electron chi connectivity index (χ2n) is 5.62. The second-order valence-corrected chi connectivity index (χ2v) is 5.62. The molecule has 0 saturated carbocycles. The molecule has 1 aromatic carbocycles. The van der Waals surface area contributed by atoms with E-state index < -0.39 is 11.5 Å². The van der Waals surface area contributed by atoms with E-state index in [1.54, 1.807) is 17.0 Å². The number of carbonyl (C=O) groups is 2. The van der Waals surface area contributed by atoms with Crippen LogP contribution in [0.1, 0.15) is 28.8 Å². The molecule has 2 aliphatic heterocycles. The Morgan fingerprint density at radius 2 is 2.00 bits per heavy atom. The van der Waals surface area contributed by atoms with Gasteiger partial charge in [0.15, 0.2) is 0 Å². The van der Waals surface area contributed by atoms with Crippen LogP contribution in [0.3, 0.4) is 0 Å². The van der Waals surface area contributed by atoms with Crippen LogP contribution >= 0.6 is 0 Å². The van der Waals surface area contributed by atoms with E-state index in [4.69, 9.17) is 15.6 Å². The highest BCUT2D eigenvalue weighted by Crippen LogP contribution is 2.32. The van der Waals surface area contributed by atoms with Gasteiger partial charge in [-0.05, 0) is 43.0 Å². The lowest BCUT2D eigenvalue weighted by Gasteiger charge is -2.35. The number of nitrogens with zero attached hydrogens (tertiary/aromatic N) is 1. The van der Waals surface area contributed by atoms with E-state index in [1.807, 2.05) is 0 Å². The maximum atomic E-state index is 12.7. The minimum atomic E-state index is -0.956. The smallest absolute Gasteiger partial charge is 0.335 e. The molecule has 112 valence electrons. The van der Waals surface area contributed by atoms with E-state index in [1.165, 1.54) is 6.07 Å². The molecule has 0 bridgehead atoms. The monoisotopic (exact) mass is 290 g/mol. The van der Waals surface area contributed by atoms with Gasteiger partial charge in [0.1, 0.15) is 5.54 Å². The van der Waals surface area contributed by atoms with Gasteiger partial charge in [-0.1, -0.05) is 0 Å². The quantitative estimate of drug-likeness (QED) is 0.839. The molecular weight excluding hydrogens is 272 g/mol. The molecule has 21 heavy (non-hydrogen) atoms. The van der Waals surface area contributed by atoms with Crippen molar-refractivity contribution < 1.29 is 19.4 Å². The molecule has 3 N–H and O–H groups in total. The van der Waals surface area contributed by atoms with E-state index >= 15 is 0 Å². The first-order valence-electron chi connectivity index (χ1n) is 7.06. The first-order valence-corrected chi connectivity index (χ1v) is 7.06. The average Bonchev–Trinajstić information content (AvgIpc) is 2.90. The molecule has 1 fully saturated rings. The number of carboxylic acids is 1. The van der Waals surface area contributed by atoms with Crippen LogP contribution in [-0.2, 0) is 16.0 Å². The van der Waals surface area contributed by atoms with Gasteiger partial charge in [0.25, 0.3) is 0 Å². The average molecular weight is 290 g/mol. The van der Waals surface area contributed by atoms with Crippen molar-refractivity contribution in [1.29, 1.82) is 0 Å². The van der Waals surface area contributed by atoms with Crippen LogP contribution in [0.5, 0.6) is 0 Å². The van der Waals surface area contributed by atoms with Crippen molar-refractivity contribution >= 4 is 17.6 Å². The first kappa shape index (κ1) is 14.0. The topological polar surface area (TPSA) is 92.9 Å². The predicted octanol–water partition coefficient (Wildman–Crippen LogP) is 0.782. The highest BCUT2D eigenvalue weighted by Gasteiger charge is 2.41. The van der Waals surface area contributed by atoms with Crippen molar-refractivity contribution in [3.8, 4) is 0 Å². The van der Waals surface area contributed by atoms with Gasteiger partial charge in [0.2, 0.25) is 5.91 Å².